The molecule has 2 N–H and O–H groups in total. The molecular weight excluding hydrogens is 438 g/mol. The van der Waals surface area contributed by atoms with Crippen molar-refractivity contribution in [2.45, 2.75) is 38.8 Å². The minimum Gasteiger partial charge on any atom is -0.491 e. The first-order valence-electron chi connectivity index (χ1n) is 12.2. The summed E-state index contributed by atoms with van der Waals surface area (Å²) in [7, 11) is 3.47. The summed E-state index contributed by atoms with van der Waals surface area (Å²) < 4.78 is 16.5. The normalized spacial score (nSPS) is 13.6. The van der Waals surface area contributed by atoms with Crippen molar-refractivity contribution in [3.63, 3.8) is 0 Å². The van der Waals surface area contributed by atoms with E-state index in [9.17, 15) is 5.11 Å². The number of aliphatic hydroxyl groups excluding tert-OH is 1. The van der Waals surface area contributed by atoms with Crippen LogP contribution in [0.5, 0.6) is 11.5 Å². The third-order valence-electron chi connectivity index (χ3n) is 6.10. The number of hydrogen-bond donors (Lipinski definition) is 2. The molecule has 0 bridgehead atoms. The molecule has 2 unspecified atom stereocenters. The Kier molecular flexibility index (Phi) is 10.4. The minimum atomic E-state index is -0.566. The van der Waals surface area contributed by atoms with Gasteiger partial charge in [-0.25, -0.2) is 0 Å². The highest BCUT2D eigenvalue weighted by molar-refractivity contribution is 5.98. The smallest absolute Gasteiger partial charge is 0.188 e. The number of benzene rings is 3. The van der Waals surface area contributed by atoms with Gasteiger partial charge >= 0.3 is 0 Å². The highest BCUT2D eigenvalue weighted by Gasteiger charge is 2.17. The first-order valence-corrected chi connectivity index (χ1v) is 12.2. The SMILES string of the molecule is CCC(=C(c1ccc(OCOC)cc1)c1ccc(OCC(O)C(CC)NC)cc1)c1ccccc1. The third-order valence-corrected chi connectivity index (χ3v) is 6.10. The van der Waals surface area contributed by atoms with Gasteiger partial charge in [-0.1, -0.05) is 68.4 Å². The fraction of sp³-hybridized carbons (Fsp3) is 0.333. The maximum absolute atomic E-state index is 10.4. The topological polar surface area (TPSA) is 60.0 Å². The summed E-state index contributed by atoms with van der Waals surface area (Å²) in [5, 5.41) is 13.5. The zero-order chi connectivity index (χ0) is 25.0. The number of allylic oxidation sites excluding steroid dienone is 1. The molecule has 0 fully saturated rings. The highest BCUT2D eigenvalue weighted by Crippen LogP contribution is 2.35. The van der Waals surface area contributed by atoms with Crippen LogP contribution in [-0.2, 0) is 4.74 Å². The number of hydrogen-bond acceptors (Lipinski definition) is 5. The van der Waals surface area contributed by atoms with Gasteiger partial charge in [-0.15, -0.1) is 0 Å². The van der Waals surface area contributed by atoms with Crippen LogP contribution in [0.3, 0.4) is 0 Å². The maximum Gasteiger partial charge on any atom is 0.188 e. The zero-order valence-electron chi connectivity index (χ0n) is 21.2. The second kappa shape index (κ2) is 13.7. The number of methoxy groups -OCH3 is 1. The zero-order valence-corrected chi connectivity index (χ0v) is 21.2. The summed E-state index contributed by atoms with van der Waals surface area (Å²) in [6.45, 7) is 4.69. The molecule has 0 aromatic heterocycles. The Labute approximate surface area is 209 Å². The van der Waals surface area contributed by atoms with Crippen molar-refractivity contribution in [1.82, 2.24) is 5.32 Å². The molecule has 5 nitrogen and oxygen atoms in total. The van der Waals surface area contributed by atoms with Gasteiger partial charge in [-0.2, -0.15) is 0 Å². The van der Waals surface area contributed by atoms with E-state index in [0.29, 0.717) is 0 Å². The van der Waals surface area contributed by atoms with Crippen LogP contribution in [-0.4, -0.2) is 44.8 Å². The van der Waals surface area contributed by atoms with E-state index in [1.165, 1.54) is 16.7 Å². The summed E-state index contributed by atoms with van der Waals surface area (Å²) in [5.74, 6) is 1.50. The predicted molar refractivity (Wildman–Crippen MR) is 143 cm³/mol. The van der Waals surface area contributed by atoms with Gasteiger partial charge in [0.15, 0.2) is 6.79 Å². The second-order valence-corrected chi connectivity index (χ2v) is 8.35. The Morgan fingerprint density at radius 1 is 0.800 bits per heavy atom. The lowest BCUT2D eigenvalue weighted by Gasteiger charge is -2.21. The predicted octanol–water partition coefficient (Wildman–Crippen LogP) is 5.78. The number of likely N-dealkylation sites (N-methyl/N-ethyl adjacent to an activating group) is 1. The molecule has 0 heterocycles. The molecule has 35 heavy (non-hydrogen) atoms. The van der Waals surface area contributed by atoms with E-state index in [1.807, 2.05) is 44.3 Å². The van der Waals surface area contributed by atoms with Gasteiger partial charge in [0.05, 0.1) is 0 Å². The van der Waals surface area contributed by atoms with Crippen molar-refractivity contribution in [3.8, 4) is 11.5 Å². The Bertz CT molecular complexity index is 1040. The molecule has 0 saturated heterocycles. The lowest BCUT2D eigenvalue weighted by atomic mass is 9.88. The van der Waals surface area contributed by atoms with E-state index >= 15 is 0 Å². The fourth-order valence-electron chi connectivity index (χ4n) is 4.21. The monoisotopic (exact) mass is 475 g/mol. The van der Waals surface area contributed by atoms with Gasteiger partial charge in [0, 0.05) is 13.2 Å². The molecule has 5 heteroatoms. The molecule has 186 valence electrons. The molecule has 3 aromatic carbocycles. The number of nitrogens with one attached hydrogen (secondary N) is 1. The number of ether oxygens (including phenoxy) is 3. The van der Waals surface area contributed by atoms with Crippen molar-refractivity contribution < 1.29 is 19.3 Å². The average molecular weight is 476 g/mol. The Morgan fingerprint density at radius 3 is 1.86 bits per heavy atom. The van der Waals surface area contributed by atoms with Crippen LogP contribution in [0.4, 0.5) is 0 Å². The van der Waals surface area contributed by atoms with Crippen molar-refractivity contribution in [2.24, 2.45) is 0 Å². The third kappa shape index (κ3) is 7.18. The lowest BCUT2D eigenvalue weighted by Crippen LogP contribution is -2.40. The standard InChI is InChI=1S/C30H37NO4/c1-5-27(22-10-8-7-9-11-22)30(24-14-18-26(19-15-24)35-21-33-4)23-12-16-25(17-13-23)34-20-29(32)28(6-2)31-3/h7-19,28-29,31-32H,5-6,20-21H2,1-4H3. The summed E-state index contributed by atoms with van der Waals surface area (Å²) in [5.41, 5.74) is 5.85. The van der Waals surface area contributed by atoms with Crippen molar-refractivity contribution in [2.75, 3.05) is 27.6 Å². The summed E-state index contributed by atoms with van der Waals surface area (Å²) in [4.78, 5) is 0. The van der Waals surface area contributed by atoms with Crippen molar-refractivity contribution in [3.05, 3.63) is 95.6 Å². The minimum absolute atomic E-state index is 0.0117. The molecule has 0 saturated carbocycles. The molecule has 0 amide bonds. The quantitative estimate of drug-likeness (QED) is 0.243. The van der Waals surface area contributed by atoms with Gasteiger partial charge in [0.2, 0.25) is 0 Å². The number of rotatable bonds is 13. The van der Waals surface area contributed by atoms with Crippen LogP contribution < -0.4 is 14.8 Å². The molecule has 0 aliphatic rings. The van der Waals surface area contributed by atoms with Crippen molar-refractivity contribution >= 4 is 11.1 Å². The lowest BCUT2D eigenvalue weighted by molar-refractivity contribution is 0.0511. The Hall–Kier alpha value is -3.12. The Balaban J connectivity index is 1.93. The summed E-state index contributed by atoms with van der Waals surface area (Å²) >= 11 is 0. The van der Waals surface area contributed by atoms with Crippen LogP contribution >= 0.6 is 0 Å². The van der Waals surface area contributed by atoms with E-state index < -0.39 is 6.10 Å². The molecule has 0 aliphatic carbocycles. The molecule has 3 aromatic rings. The van der Waals surface area contributed by atoms with E-state index in [2.05, 4.69) is 60.8 Å². The van der Waals surface area contributed by atoms with E-state index in [-0.39, 0.29) is 19.4 Å². The molecular formula is C30H37NO4. The average Bonchev–Trinajstić information content (AvgIpc) is 2.91. The van der Waals surface area contributed by atoms with E-state index in [1.54, 1.807) is 7.11 Å². The first kappa shape index (κ1) is 26.5. The molecule has 0 spiro atoms. The van der Waals surface area contributed by atoms with Gasteiger partial charge in [-0.3, -0.25) is 0 Å². The second-order valence-electron chi connectivity index (χ2n) is 8.35. The Morgan fingerprint density at radius 2 is 1.37 bits per heavy atom. The fourth-order valence-corrected chi connectivity index (χ4v) is 4.21. The van der Waals surface area contributed by atoms with Crippen LogP contribution in [0.25, 0.3) is 11.1 Å². The summed E-state index contributed by atoms with van der Waals surface area (Å²) in [6.07, 6.45) is 1.15. The van der Waals surface area contributed by atoms with Gasteiger partial charge < -0.3 is 24.6 Å². The van der Waals surface area contributed by atoms with E-state index in [0.717, 1.165) is 35.5 Å². The van der Waals surface area contributed by atoms with Crippen LogP contribution in [0.2, 0.25) is 0 Å². The molecule has 2 atom stereocenters. The van der Waals surface area contributed by atoms with Crippen LogP contribution in [0, 0.1) is 0 Å². The largest absolute Gasteiger partial charge is 0.491 e. The van der Waals surface area contributed by atoms with Crippen LogP contribution in [0.15, 0.2) is 78.9 Å². The summed E-state index contributed by atoms with van der Waals surface area (Å²) in [6, 6.07) is 26.7. The van der Waals surface area contributed by atoms with Gasteiger partial charge in [0.1, 0.15) is 24.2 Å². The van der Waals surface area contributed by atoms with E-state index in [4.69, 9.17) is 14.2 Å². The molecule has 3 rings (SSSR count). The first-order chi connectivity index (χ1) is 17.1. The van der Waals surface area contributed by atoms with Crippen LogP contribution in [0.1, 0.15) is 43.4 Å². The van der Waals surface area contributed by atoms with Gasteiger partial charge in [-0.05, 0) is 72.0 Å². The number of aliphatic hydroxyl groups is 1. The maximum atomic E-state index is 10.4. The molecule has 0 aliphatic heterocycles. The van der Waals surface area contributed by atoms with Gasteiger partial charge in [0.25, 0.3) is 0 Å². The van der Waals surface area contributed by atoms with Crippen molar-refractivity contribution in [1.29, 1.82) is 0 Å². The molecule has 0 radical (unpaired) electrons. The highest BCUT2D eigenvalue weighted by atomic mass is 16.7.